The van der Waals surface area contributed by atoms with Crippen molar-refractivity contribution in [3.05, 3.63) is 142 Å². The Morgan fingerprint density at radius 3 is 0.361 bits per heavy atom. The van der Waals surface area contributed by atoms with Gasteiger partial charge in [-0.05, 0) is 97.1 Å². The second-order valence-corrected chi connectivity index (χ2v) is 13.2. The van der Waals surface area contributed by atoms with E-state index in [9.17, 15) is 38.4 Å². The standard InChI is InChI=1S/4C12H14O6/c4*13-5-7-17-11(15)9-1-2-10(4-3-9)12(16)18-8-6-14/h4*1-4,13-14H,5-8H2. The van der Waals surface area contributed by atoms with E-state index in [0.29, 0.717) is 0 Å². The van der Waals surface area contributed by atoms with Crippen molar-refractivity contribution < 1.29 is 117 Å². The van der Waals surface area contributed by atoms with Crippen LogP contribution in [0, 0.1) is 0 Å². The van der Waals surface area contributed by atoms with Crippen molar-refractivity contribution in [1.82, 2.24) is 0 Å². The molecule has 0 bridgehead atoms. The van der Waals surface area contributed by atoms with Crippen molar-refractivity contribution in [3.8, 4) is 0 Å². The predicted octanol–water partition coefficient (Wildman–Crippen LogP) is -0.0608. The van der Waals surface area contributed by atoms with Gasteiger partial charge in [0.2, 0.25) is 0 Å². The number of hydrogen-bond donors (Lipinski definition) is 8. The maximum absolute atomic E-state index is 11.4. The summed E-state index contributed by atoms with van der Waals surface area (Å²) in [5.41, 5.74) is 2.24. The lowest BCUT2D eigenvalue weighted by molar-refractivity contribution is 0.0422. The molecule has 24 heteroatoms. The van der Waals surface area contributed by atoms with Crippen LogP contribution < -0.4 is 0 Å². The van der Waals surface area contributed by atoms with Gasteiger partial charge in [0.15, 0.2) is 0 Å². The molecule has 0 radical (unpaired) electrons. The smallest absolute Gasteiger partial charge is 0.338 e. The lowest BCUT2D eigenvalue weighted by Crippen LogP contribution is -2.11. The zero-order valence-corrected chi connectivity index (χ0v) is 38.7. The van der Waals surface area contributed by atoms with Crippen molar-refractivity contribution in [1.29, 1.82) is 0 Å². The summed E-state index contributed by atoms with van der Waals surface area (Å²) in [6.45, 7) is -2.47. The number of hydrogen-bond acceptors (Lipinski definition) is 24. The molecule has 0 aliphatic rings. The highest BCUT2D eigenvalue weighted by Crippen LogP contribution is 2.11. The van der Waals surface area contributed by atoms with Crippen molar-refractivity contribution >= 4 is 47.8 Å². The highest BCUT2D eigenvalue weighted by atomic mass is 16.6. The topological polar surface area (TPSA) is 372 Å². The lowest BCUT2D eigenvalue weighted by Gasteiger charge is -2.05. The first kappa shape index (κ1) is 62.3. The Morgan fingerprint density at radius 1 is 0.208 bits per heavy atom. The third kappa shape index (κ3) is 25.3. The minimum absolute atomic E-state index is 0.0703. The molecule has 0 heterocycles. The Kier molecular flexibility index (Phi) is 33.0. The fraction of sp³-hybridized carbons (Fsp3) is 0.333. The maximum Gasteiger partial charge on any atom is 0.338 e. The Hall–Kier alpha value is -7.68. The van der Waals surface area contributed by atoms with Gasteiger partial charge in [-0.25, -0.2) is 38.4 Å². The number of carbonyl (C=O) groups is 8. The molecule has 0 spiro atoms. The molecule has 392 valence electrons. The second kappa shape index (κ2) is 38.1. The number of benzene rings is 4. The van der Waals surface area contributed by atoms with E-state index in [4.69, 9.17) is 78.7 Å². The van der Waals surface area contributed by atoms with Gasteiger partial charge in [0.1, 0.15) is 52.9 Å². The summed E-state index contributed by atoms with van der Waals surface area (Å²) in [6.07, 6.45) is 0. The molecule has 72 heavy (non-hydrogen) atoms. The third-order valence-electron chi connectivity index (χ3n) is 8.02. The summed E-state index contributed by atoms with van der Waals surface area (Å²) >= 11 is 0. The number of rotatable bonds is 24. The Morgan fingerprint density at radius 2 is 0.292 bits per heavy atom. The molecule has 0 saturated carbocycles. The third-order valence-corrected chi connectivity index (χ3v) is 8.02. The minimum Gasteiger partial charge on any atom is -0.460 e. The zero-order valence-electron chi connectivity index (χ0n) is 38.7. The summed E-state index contributed by atoms with van der Waals surface area (Å²) in [4.78, 5) is 91.0. The normalized spacial score (nSPS) is 9.89. The van der Waals surface area contributed by atoms with E-state index in [0.717, 1.165) is 0 Å². The number of aliphatic hydroxyl groups is 8. The van der Waals surface area contributed by atoms with Gasteiger partial charge in [0.05, 0.1) is 97.4 Å². The molecule has 0 amide bonds. The van der Waals surface area contributed by atoms with Gasteiger partial charge in [-0.1, -0.05) is 0 Å². The van der Waals surface area contributed by atoms with Gasteiger partial charge >= 0.3 is 47.8 Å². The van der Waals surface area contributed by atoms with Crippen molar-refractivity contribution in [3.63, 3.8) is 0 Å². The zero-order chi connectivity index (χ0) is 53.5. The average Bonchev–Trinajstić information content (AvgIpc) is 3.42. The summed E-state index contributed by atoms with van der Waals surface area (Å²) in [6, 6.07) is 22.8. The van der Waals surface area contributed by atoms with Crippen LogP contribution in [0.4, 0.5) is 0 Å². The highest BCUT2D eigenvalue weighted by molar-refractivity contribution is 5.95. The number of aliphatic hydroxyl groups excluding tert-OH is 8. The largest absolute Gasteiger partial charge is 0.460 e. The van der Waals surface area contributed by atoms with Crippen LogP contribution in [0.25, 0.3) is 0 Å². The molecule has 4 aromatic rings. The predicted molar refractivity (Wildman–Crippen MR) is 245 cm³/mol. The summed E-state index contributed by atoms with van der Waals surface area (Å²) in [5, 5.41) is 68.0. The first-order chi connectivity index (χ1) is 34.7. The lowest BCUT2D eigenvalue weighted by atomic mass is 10.1. The summed E-state index contributed by atoms with van der Waals surface area (Å²) < 4.78 is 37.6. The quantitative estimate of drug-likeness (QED) is 0.0337. The minimum atomic E-state index is -0.570. The van der Waals surface area contributed by atoms with Crippen molar-refractivity contribution in [2.75, 3.05) is 106 Å². The van der Waals surface area contributed by atoms with Crippen molar-refractivity contribution in [2.24, 2.45) is 0 Å². The van der Waals surface area contributed by atoms with Crippen LogP contribution >= 0.6 is 0 Å². The molecular weight excluding hydrogens is 961 g/mol. The van der Waals surface area contributed by atoms with E-state index >= 15 is 0 Å². The molecule has 4 rings (SSSR count). The molecule has 0 aliphatic heterocycles. The Labute approximate surface area is 411 Å². The molecule has 4 aromatic carbocycles. The van der Waals surface area contributed by atoms with E-state index in [2.05, 4.69) is 0 Å². The van der Waals surface area contributed by atoms with E-state index in [1.165, 1.54) is 97.1 Å². The van der Waals surface area contributed by atoms with Gasteiger partial charge in [-0.2, -0.15) is 0 Å². The second-order valence-electron chi connectivity index (χ2n) is 13.2. The van der Waals surface area contributed by atoms with Crippen molar-refractivity contribution in [2.45, 2.75) is 0 Å². The fourth-order valence-corrected chi connectivity index (χ4v) is 4.74. The number of ether oxygens (including phenoxy) is 8. The van der Waals surface area contributed by atoms with Crippen LogP contribution in [-0.2, 0) is 37.9 Å². The fourth-order valence-electron chi connectivity index (χ4n) is 4.74. The molecule has 0 saturated heterocycles. The van der Waals surface area contributed by atoms with E-state index < -0.39 is 47.8 Å². The van der Waals surface area contributed by atoms with Crippen LogP contribution in [0.2, 0.25) is 0 Å². The van der Waals surface area contributed by atoms with Gasteiger partial charge in [-0.15, -0.1) is 0 Å². The van der Waals surface area contributed by atoms with Crippen LogP contribution in [0.15, 0.2) is 97.1 Å². The maximum atomic E-state index is 11.4. The van der Waals surface area contributed by atoms with Gasteiger partial charge in [0, 0.05) is 0 Å². The summed E-state index contributed by atoms with van der Waals surface area (Å²) in [7, 11) is 0. The molecular formula is C48H56O24. The SMILES string of the molecule is O=C(OCCO)c1ccc(C(=O)OCCO)cc1.O=C(OCCO)c1ccc(C(=O)OCCO)cc1.O=C(OCCO)c1ccc(C(=O)OCCO)cc1.O=C(OCCO)c1ccc(C(=O)OCCO)cc1. The van der Waals surface area contributed by atoms with Crippen LogP contribution in [0.3, 0.4) is 0 Å². The van der Waals surface area contributed by atoms with Crippen LogP contribution in [0.1, 0.15) is 82.9 Å². The van der Waals surface area contributed by atoms with E-state index in [1.54, 1.807) is 0 Å². The first-order valence-electron chi connectivity index (χ1n) is 21.4. The Bertz CT molecular complexity index is 1750. The highest BCUT2D eigenvalue weighted by Gasteiger charge is 2.14. The monoisotopic (exact) mass is 1020 g/mol. The molecule has 8 N–H and O–H groups in total. The van der Waals surface area contributed by atoms with Gasteiger partial charge in [0.25, 0.3) is 0 Å². The summed E-state index contributed by atoms with van der Waals surface area (Å²) in [5.74, 6) is -4.56. The molecule has 0 atom stereocenters. The number of esters is 8. The molecule has 24 nitrogen and oxygen atoms in total. The van der Waals surface area contributed by atoms with Gasteiger partial charge < -0.3 is 78.7 Å². The number of carbonyl (C=O) groups excluding carboxylic acids is 8. The van der Waals surface area contributed by atoms with Crippen LogP contribution in [-0.4, -0.2) is 194 Å². The Balaban J connectivity index is 0.000000480. The average molecular weight is 1020 g/mol. The molecule has 0 aromatic heterocycles. The molecule has 0 aliphatic carbocycles. The van der Waals surface area contributed by atoms with Gasteiger partial charge in [-0.3, -0.25) is 0 Å². The molecule has 0 fully saturated rings. The van der Waals surface area contributed by atoms with E-state index in [-0.39, 0.29) is 150 Å². The molecule has 0 unspecified atom stereocenters. The van der Waals surface area contributed by atoms with E-state index in [1.807, 2.05) is 0 Å². The van der Waals surface area contributed by atoms with Crippen LogP contribution in [0.5, 0.6) is 0 Å². The first-order valence-corrected chi connectivity index (χ1v) is 21.4.